The van der Waals surface area contributed by atoms with E-state index in [1.54, 1.807) is 41.8 Å². The number of carbonyl (C=O) groups is 3. The van der Waals surface area contributed by atoms with Gasteiger partial charge in [0.1, 0.15) is 16.3 Å². The molecule has 3 aromatic rings. The fraction of sp³-hybridized carbons (Fsp3) is 0.136. The number of amides is 2. The van der Waals surface area contributed by atoms with Crippen LogP contribution in [0.1, 0.15) is 26.3 Å². The Hall–Kier alpha value is -3.36. The first-order chi connectivity index (χ1) is 14.8. The average Bonchev–Trinajstić information content (AvgIpc) is 3.15. The molecular weight excluding hydrogens is 440 g/mol. The lowest BCUT2D eigenvalue weighted by Gasteiger charge is -2.11. The number of anilines is 1. The zero-order chi connectivity index (χ0) is 22.5. The number of nitrogens with two attached hydrogens (primary N) is 1. The summed E-state index contributed by atoms with van der Waals surface area (Å²) < 4.78 is 10.4. The zero-order valence-electron chi connectivity index (χ0n) is 16.7. The summed E-state index contributed by atoms with van der Waals surface area (Å²) in [6.45, 7) is 1.44. The molecule has 0 aliphatic rings. The van der Waals surface area contributed by atoms with Gasteiger partial charge in [0.2, 0.25) is 0 Å². The summed E-state index contributed by atoms with van der Waals surface area (Å²) >= 11 is 7.43. The quantitative estimate of drug-likeness (QED) is 0.514. The van der Waals surface area contributed by atoms with Crippen LogP contribution in [0.25, 0.3) is 11.1 Å². The van der Waals surface area contributed by atoms with Crippen molar-refractivity contribution in [1.29, 1.82) is 0 Å². The van der Waals surface area contributed by atoms with E-state index in [9.17, 15) is 14.4 Å². The van der Waals surface area contributed by atoms with E-state index in [1.165, 1.54) is 13.2 Å². The highest BCUT2D eigenvalue weighted by molar-refractivity contribution is 7.15. The van der Waals surface area contributed by atoms with Gasteiger partial charge in [-0.1, -0.05) is 35.9 Å². The van der Waals surface area contributed by atoms with Crippen molar-refractivity contribution in [3.63, 3.8) is 0 Å². The molecule has 0 aliphatic carbocycles. The molecule has 0 fully saturated rings. The summed E-state index contributed by atoms with van der Waals surface area (Å²) in [4.78, 5) is 36.5. The maximum atomic E-state index is 12.5. The Balaban J connectivity index is 1.83. The number of hydrogen-bond donors (Lipinski definition) is 2. The summed E-state index contributed by atoms with van der Waals surface area (Å²) in [5.41, 5.74) is 7.76. The predicted octanol–water partition coefficient (Wildman–Crippen LogP) is 4.28. The Morgan fingerprint density at radius 3 is 2.55 bits per heavy atom. The third-order valence-electron chi connectivity index (χ3n) is 4.36. The van der Waals surface area contributed by atoms with Crippen LogP contribution in [0.15, 0.2) is 47.8 Å². The maximum absolute atomic E-state index is 12.5. The largest absolute Gasteiger partial charge is 0.483 e. The standard InChI is InChI=1S/C22H19ClN2O5S/c1-12-7-8-14(20(24)27)17(9-12)30-10-18(26)25-21-19(22(28)29-2)15(11-31-21)13-5-3-4-6-16(13)23/h3-9,11H,10H2,1-2H3,(H2,24,27)(H,25,26). The van der Waals surface area contributed by atoms with Crippen molar-refractivity contribution in [2.45, 2.75) is 6.92 Å². The van der Waals surface area contributed by atoms with Crippen LogP contribution in [0, 0.1) is 6.92 Å². The molecule has 3 N–H and O–H groups in total. The van der Waals surface area contributed by atoms with Crippen LogP contribution in [-0.4, -0.2) is 31.5 Å². The molecule has 0 bridgehead atoms. The van der Waals surface area contributed by atoms with E-state index in [4.69, 9.17) is 26.8 Å². The van der Waals surface area contributed by atoms with Crippen molar-refractivity contribution in [3.05, 3.63) is 69.6 Å². The SMILES string of the molecule is COC(=O)c1c(-c2ccccc2Cl)csc1NC(=O)COc1cc(C)ccc1C(N)=O. The highest BCUT2D eigenvalue weighted by Crippen LogP contribution is 2.39. The summed E-state index contributed by atoms with van der Waals surface area (Å²) in [5.74, 6) is -1.58. The molecule has 2 aromatic carbocycles. The fourth-order valence-corrected chi connectivity index (χ4v) is 4.09. The first-order valence-electron chi connectivity index (χ1n) is 9.09. The fourth-order valence-electron chi connectivity index (χ4n) is 2.89. The number of aryl methyl sites for hydroxylation is 1. The molecule has 0 atom stereocenters. The molecule has 160 valence electrons. The van der Waals surface area contributed by atoms with E-state index in [0.717, 1.165) is 16.9 Å². The Labute approximate surface area is 187 Å². The van der Waals surface area contributed by atoms with E-state index < -0.39 is 17.8 Å². The number of halogens is 1. The van der Waals surface area contributed by atoms with Crippen molar-refractivity contribution in [2.75, 3.05) is 19.0 Å². The second kappa shape index (κ2) is 9.63. The lowest BCUT2D eigenvalue weighted by molar-refractivity contribution is -0.118. The molecule has 0 saturated heterocycles. The second-order valence-electron chi connectivity index (χ2n) is 6.53. The molecule has 31 heavy (non-hydrogen) atoms. The van der Waals surface area contributed by atoms with Gasteiger partial charge in [-0.2, -0.15) is 0 Å². The Kier molecular flexibility index (Phi) is 6.94. The third-order valence-corrected chi connectivity index (χ3v) is 5.58. The number of primary amides is 1. The molecular formula is C22H19ClN2O5S. The number of rotatable bonds is 7. The van der Waals surface area contributed by atoms with Crippen LogP contribution in [0.2, 0.25) is 5.02 Å². The van der Waals surface area contributed by atoms with Gasteiger partial charge in [-0.05, 0) is 30.7 Å². The van der Waals surface area contributed by atoms with Crippen LogP contribution >= 0.6 is 22.9 Å². The molecule has 1 aromatic heterocycles. The average molecular weight is 459 g/mol. The van der Waals surface area contributed by atoms with Crippen LogP contribution in [0.4, 0.5) is 5.00 Å². The Morgan fingerprint density at radius 2 is 1.87 bits per heavy atom. The summed E-state index contributed by atoms with van der Waals surface area (Å²) in [7, 11) is 1.26. The maximum Gasteiger partial charge on any atom is 0.341 e. The van der Waals surface area contributed by atoms with Gasteiger partial charge in [-0.15, -0.1) is 11.3 Å². The predicted molar refractivity (Wildman–Crippen MR) is 120 cm³/mol. The molecule has 7 nitrogen and oxygen atoms in total. The molecule has 9 heteroatoms. The molecule has 0 radical (unpaired) electrons. The molecule has 3 rings (SSSR count). The molecule has 0 aliphatic heterocycles. The van der Waals surface area contributed by atoms with E-state index in [2.05, 4.69) is 5.32 Å². The van der Waals surface area contributed by atoms with Gasteiger partial charge in [0.25, 0.3) is 11.8 Å². The molecule has 0 saturated carbocycles. The number of carbonyl (C=O) groups excluding carboxylic acids is 3. The summed E-state index contributed by atoms with van der Waals surface area (Å²) in [6.07, 6.45) is 0. The minimum Gasteiger partial charge on any atom is -0.483 e. The summed E-state index contributed by atoms with van der Waals surface area (Å²) in [5, 5.41) is 5.15. The molecule has 0 unspecified atom stereocenters. The van der Waals surface area contributed by atoms with Gasteiger partial charge in [-0.25, -0.2) is 4.79 Å². The normalized spacial score (nSPS) is 10.4. The summed E-state index contributed by atoms with van der Waals surface area (Å²) in [6, 6.07) is 11.9. The third kappa shape index (κ3) is 5.04. The van der Waals surface area contributed by atoms with Crippen molar-refractivity contribution in [3.8, 4) is 16.9 Å². The molecule has 2 amide bonds. The van der Waals surface area contributed by atoms with Crippen LogP contribution in [-0.2, 0) is 9.53 Å². The minimum atomic E-state index is -0.661. The van der Waals surface area contributed by atoms with Gasteiger partial charge in [0.05, 0.1) is 12.7 Å². The highest BCUT2D eigenvalue weighted by atomic mass is 35.5. The number of ether oxygens (including phenoxy) is 2. The first kappa shape index (κ1) is 22.3. The number of nitrogens with one attached hydrogen (secondary N) is 1. The monoisotopic (exact) mass is 458 g/mol. The van der Waals surface area contributed by atoms with Crippen LogP contribution in [0.5, 0.6) is 5.75 Å². The van der Waals surface area contributed by atoms with Gasteiger partial charge in [0.15, 0.2) is 6.61 Å². The Morgan fingerprint density at radius 1 is 1.13 bits per heavy atom. The minimum absolute atomic E-state index is 0.172. The van der Waals surface area contributed by atoms with Crippen molar-refractivity contribution >= 4 is 45.7 Å². The van der Waals surface area contributed by atoms with Gasteiger partial charge in [-0.3, -0.25) is 9.59 Å². The lowest BCUT2D eigenvalue weighted by Crippen LogP contribution is -2.22. The highest BCUT2D eigenvalue weighted by Gasteiger charge is 2.23. The number of hydrogen-bond acceptors (Lipinski definition) is 6. The molecule has 0 spiro atoms. The van der Waals surface area contributed by atoms with Crippen molar-refractivity contribution in [1.82, 2.24) is 0 Å². The zero-order valence-corrected chi connectivity index (χ0v) is 18.3. The number of thiophene rings is 1. The van der Waals surface area contributed by atoms with Crippen molar-refractivity contribution in [2.24, 2.45) is 5.73 Å². The second-order valence-corrected chi connectivity index (χ2v) is 7.81. The van der Waals surface area contributed by atoms with Crippen LogP contribution < -0.4 is 15.8 Å². The van der Waals surface area contributed by atoms with Crippen molar-refractivity contribution < 1.29 is 23.9 Å². The topological polar surface area (TPSA) is 108 Å². The van der Waals surface area contributed by atoms with Gasteiger partial charge in [0, 0.05) is 21.5 Å². The number of methoxy groups -OCH3 is 1. The van der Waals surface area contributed by atoms with Gasteiger partial charge < -0.3 is 20.5 Å². The van der Waals surface area contributed by atoms with E-state index >= 15 is 0 Å². The van der Waals surface area contributed by atoms with Crippen LogP contribution in [0.3, 0.4) is 0 Å². The van der Waals surface area contributed by atoms with E-state index in [0.29, 0.717) is 21.2 Å². The first-order valence-corrected chi connectivity index (χ1v) is 10.4. The number of benzene rings is 2. The Bertz CT molecular complexity index is 1160. The lowest BCUT2D eigenvalue weighted by atomic mass is 10.0. The van der Waals surface area contributed by atoms with E-state index in [1.807, 2.05) is 6.92 Å². The van der Waals surface area contributed by atoms with E-state index in [-0.39, 0.29) is 23.5 Å². The molecule has 1 heterocycles. The smallest absolute Gasteiger partial charge is 0.341 e. The number of esters is 1. The van der Waals surface area contributed by atoms with Gasteiger partial charge >= 0.3 is 5.97 Å².